The molecule has 0 aliphatic carbocycles. The molecule has 128 valence electrons. The summed E-state index contributed by atoms with van der Waals surface area (Å²) < 4.78 is 4.67. The van der Waals surface area contributed by atoms with Gasteiger partial charge in [0.05, 0.1) is 19.6 Å². The molecule has 0 aliphatic heterocycles. The van der Waals surface area contributed by atoms with Gasteiger partial charge in [-0.05, 0) is 25.5 Å². The summed E-state index contributed by atoms with van der Waals surface area (Å²) in [5.74, 6) is -0.548. The van der Waals surface area contributed by atoms with E-state index in [0.29, 0.717) is 16.4 Å². The molecule has 1 amide bonds. The van der Waals surface area contributed by atoms with Crippen LogP contribution in [-0.2, 0) is 20.7 Å². The van der Waals surface area contributed by atoms with Crippen molar-refractivity contribution < 1.29 is 14.3 Å². The van der Waals surface area contributed by atoms with Crippen LogP contribution in [0.5, 0.6) is 0 Å². The van der Waals surface area contributed by atoms with Gasteiger partial charge in [-0.3, -0.25) is 9.59 Å². The number of carbonyl (C=O) groups excluding carboxylic acids is 2. The minimum Gasteiger partial charge on any atom is -0.469 e. The van der Waals surface area contributed by atoms with E-state index in [4.69, 9.17) is 17.3 Å². The standard InChI is InChI=1S/C17H19ClN2O3S/c1-10(19)16(22)20-17-13(12-5-3-4-6-14(12)18)9-11(24-17)7-8-15(21)23-2/h3-6,9-10H,7-8,19H2,1-2H3,(H,20,22). The largest absolute Gasteiger partial charge is 0.469 e. The second kappa shape index (κ2) is 8.28. The summed E-state index contributed by atoms with van der Waals surface area (Å²) in [6.45, 7) is 1.62. The first-order chi connectivity index (χ1) is 11.4. The maximum atomic E-state index is 12.0. The van der Waals surface area contributed by atoms with Gasteiger partial charge in [0.15, 0.2) is 0 Å². The number of methoxy groups -OCH3 is 1. The van der Waals surface area contributed by atoms with Crippen molar-refractivity contribution in [2.75, 3.05) is 12.4 Å². The van der Waals surface area contributed by atoms with Gasteiger partial charge in [0.25, 0.3) is 0 Å². The van der Waals surface area contributed by atoms with E-state index in [9.17, 15) is 9.59 Å². The first-order valence-corrected chi connectivity index (χ1v) is 8.62. The molecule has 3 N–H and O–H groups in total. The van der Waals surface area contributed by atoms with Crippen molar-refractivity contribution in [2.45, 2.75) is 25.8 Å². The summed E-state index contributed by atoms with van der Waals surface area (Å²) >= 11 is 7.69. The molecule has 1 unspecified atom stereocenters. The second-order valence-electron chi connectivity index (χ2n) is 5.29. The average molecular weight is 367 g/mol. The van der Waals surface area contributed by atoms with Crippen LogP contribution < -0.4 is 11.1 Å². The smallest absolute Gasteiger partial charge is 0.305 e. The van der Waals surface area contributed by atoms with E-state index < -0.39 is 6.04 Å². The van der Waals surface area contributed by atoms with E-state index >= 15 is 0 Å². The molecule has 0 aliphatic rings. The molecule has 7 heteroatoms. The van der Waals surface area contributed by atoms with Gasteiger partial charge in [-0.25, -0.2) is 0 Å². The summed E-state index contributed by atoms with van der Waals surface area (Å²) in [6.07, 6.45) is 0.808. The Morgan fingerprint density at radius 3 is 2.67 bits per heavy atom. The van der Waals surface area contributed by atoms with Gasteiger partial charge >= 0.3 is 5.97 Å². The molecule has 0 bridgehead atoms. The number of ether oxygens (including phenoxy) is 1. The third-order valence-electron chi connectivity index (χ3n) is 3.40. The molecule has 1 aromatic carbocycles. The summed E-state index contributed by atoms with van der Waals surface area (Å²) in [5, 5.41) is 4.10. The van der Waals surface area contributed by atoms with E-state index in [1.807, 2.05) is 24.3 Å². The highest BCUT2D eigenvalue weighted by Gasteiger charge is 2.17. The van der Waals surface area contributed by atoms with Crippen molar-refractivity contribution in [3.05, 3.63) is 40.2 Å². The molecule has 0 fully saturated rings. The lowest BCUT2D eigenvalue weighted by molar-refractivity contribution is -0.140. The molecule has 2 aromatic rings. The van der Waals surface area contributed by atoms with Crippen LogP contribution in [0.1, 0.15) is 18.2 Å². The number of rotatable bonds is 6. The number of amides is 1. The van der Waals surface area contributed by atoms with Crippen molar-refractivity contribution in [1.82, 2.24) is 0 Å². The molecule has 5 nitrogen and oxygen atoms in total. The zero-order valence-electron chi connectivity index (χ0n) is 13.5. The molecule has 0 spiro atoms. The Hall–Kier alpha value is -1.89. The van der Waals surface area contributed by atoms with Gasteiger partial charge in [-0.1, -0.05) is 29.8 Å². The van der Waals surface area contributed by atoms with Crippen LogP contribution in [0.15, 0.2) is 30.3 Å². The van der Waals surface area contributed by atoms with Crippen molar-refractivity contribution >= 4 is 39.8 Å². The number of nitrogens with two attached hydrogens (primary N) is 1. The molecule has 1 atom stereocenters. The lowest BCUT2D eigenvalue weighted by Gasteiger charge is -2.09. The quantitative estimate of drug-likeness (QED) is 0.767. The summed E-state index contributed by atoms with van der Waals surface area (Å²) in [7, 11) is 1.36. The first-order valence-electron chi connectivity index (χ1n) is 7.43. The lowest BCUT2D eigenvalue weighted by Crippen LogP contribution is -2.32. The van der Waals surface area contributed by atoms with Crippen LogP contribution >= 0.6 is 22.9 Å². The van der Waals surface area contributed by atoms with Crippen molar-refractivity contribution in [3.63, 3.8) is 0 Å². The van der Waals surface area contributed by atoms with E-state index in [1.54, 1.807) is 13.0 Å². The Bertz CT molecular complexity index is 743. The van der Waals surface area contributed by atoms with Crippen LogP contribution in [-0.4, -0.2) is 25.0 Å². The number of esters is 1. The number of anilines is 1. The maximum Gasteiger partial charge on any atom is 0.305 e. The molecular weight excluding hydrogens is 348 g/mol. The fraction of sp³-hybridized carbons (Fsp3) is 0.294. The van der Waals surface area contributed by atoms with Crippen LogP contribution in [0.3, 0.4) is 0 Å². The number of carbonyl (C=O) groups is 2. The van der Waals surface area contributed by atoms with Gasteiger partial charge in [-0.15, -0.1) is 11.3 Å². The number of benzene rings is 1. The van der Waals surface area contributed by atoms with E-state index in [0.717, 1.165) is 16.0 Å². The minimum atomic E-state index is -0.621. The predicted molar refractivity (Wildman–Crippen MR) is 97.4 cm³/mol. The van der Waals surface area contributed by atoms with Crippen LogP contribution in [0.25, 0.3) is 11.1 Å². The Kier molecular flexibility index (Phi) is 6.36. The number of thiophene rings is 1. The zero-order chi connectivity index (χ0) is 17.7. The minimum absolute atomic E-state index is 0.273. The fourth-order valence-electron chi connectivity index (χ4n) is 2.09. The molecule has 0 radical (unpaired) electrons. The summed E-state index contributed by atoms with van der Waals surface area (Å²) in [5.41, 5.74) is 7.27. The van der Waals surface area contributed by atoms with E-state index in [1.165, 1.54) is 18.4 Å². The molecule has 1 aromatic heterocycles. The Labute approximate surface area is 149 Å². The third-order valence-corrected chi connectivity index (χ3v) is 4.84. The molecule has 0 saturated heterocycles. The van der Waals surface area contributed by atoms with Gasteiger partial charge in [-0.2, -0.15) is 0 Å². The molecule has 1 heterocycles. The van der Waals surface area contributed by atoms with E-state index in [2.05, 4.69) is 10.1 Å². The number of halogens is 1. The zero-order valence-corrected chi connectivity index (χ0v) is 15.0. The third kappa shape index (κ3) is 4.56. The number of hydrogen-bond donors (Lipinski definition) is 2. The second-order valence-corrected chi connectivity index (χ2v) is 6.83. The Morgan fingerprint density at radius 2 is 2.04 bits per heavy atom. The maximum absolute atomic E-state index is 12.0. The van der Waals surface area contributed by atoms with Crippen LogP contribution in [0.2, 0.25) is 5.02 Å². The van der Waals surface area contributed by atoms with Crippen molar-refractivity contribution in [2.24, 2.45) is 5.73 Å². The Morgan fingerprint density at radius 1 is 1.33 bits per heavy atom. The monoisotopic (exact) mass is 366 g/mol. The average Bonchev–Trinajstić information content (AvgIpc) is 2.95. The highest BCUT2D eigenvalue weighted by atomic mass is 35.5. The van der Waals surface area contributed by atoms with Gasteiger partial charge in [0.2, 0.25) is 5.91 Å². The fourth-order valence-corrected chi connectivity index (χ4v) is 3.40. The van der Waals surface area contributed by atoms with Gasteiger partial charge < -0.3 is 15.8 Å². The van der Waals surface area contributed by atoms with Crippen LogP contribution in [0, 0.1) is 0 Å². The summed E-state index contributed by atoms with van der Waals surface area (Å²) in [4.78, 5) is 24.3. The number of nitrogens with one attached hydrogen (secondary N) is 1. The lowest BCUT2D eigenvalue weighted by atomic mass is 10.1. The van der Waals surface area contributed by atoms with E-state index in [-0.39, 0.29) is 18.3 Å². The van der Waals surface area contributed by atoms with Gasteiger partial charge in [0, 0.05) is 21.0 Å². The highest BCUT2D eigenvalue weighted by molar-refractivity contribution is 7.17. The number of hydrogen-bond acceptors (Lipinski definition) is 5. The normalized spacial score (nSPS) is 11.8. The molecule has 2 rings (SSSR count). The summed E-state index contributed by atoms with van der Waals surface area (Å²) in [6, 6.07) is 8.71. The molecule has 24 heavy (non-hydrogen) atoms. The first kappa shape index (κ1) is 18.4. The highest BCUT2D eigenvalue weighted by Crippen LogP contribution is 2.40. The van der Waals surface area contributed by atoms with Crippen LogP contribution in [0.4, 0.5) is 5.00 Å². The topological polar surface area (TPSA) is 81.4 Å². The van der Waals surface area contributed by atoms with Crippen molar-refractivity contribution in [3.8, 4) is 11.1 Å². The van der Waals surface area contributed by atoms with Crippen molar-refractivity contribution in [1.29, 1.82) is 0 Å². The SMILES string of the molecule is COC(=O)CCc1cc(-c2ccccc2Cl)c(NC(=O)C(C)N)s1. The predicted octanol–water partition coefficient (Wildman–Crippen LogP) is 3.46. The molecule has 0 saturated carbocycles. The Balaban J connectivity index is 2.35. The number of aryl methyl sites for hydroxylation is 1. The van der Waals surface area contributed by atoms with Gasteiger partial charge in [0.1, 0.15) is 5.00 Å². The molecular formula is C17H19ClN2O3S.